The minimum atomic E-state index is -0.298. The van der Waals surface area contributed by atoms with Gasteiger partial charge in [0, 0.05) is 13.0 Å². The Morgan fingerprint density at radius 2 is 2.40 bits per heavy atom. The van der Waals surface area contributed by atoms with Crippen molar-refractivity contribution in [1.29, 1.82) is 0 Å². The van der Waals surface area contributed by atoms with Gasteiger partial charge in [-0.1, -0.05) is 0 Å². The normalized spacial score (nSPS) is 10.1. The van der Waals surface area contributed by atoms with Gasteiger partial charge in [0.1, 0.15) is 5.82 Å². The third-order valence-corrected chi connectivity index (χ3v) is 1.12. The number of aliphatic hydroxyl groups is 1. The molecule has 0 aliphatic rings. The predicted molar refractivity (Wildman–Crippen MR) is 34.6 cm³/mol. The second-order valence-electron chi connectivity index (χ2n) is 1.95. The molecule has 1 aromatic heterocycles. The molecule has 1 heterocycles. The van der Waals surface area contributed by atoms with Crippen LogP contribution in [0.15, 0.2) is 4.79 Å². The van der Waals surface area contributed by atoms with Crippen LogP contribution in [-0.4, -0.2) is 26.9 Å². The van der Waals surface area contributed by atoms with Gasteiger partial charge >= 0.3 is 5.69 Å². The number of aromatic nitrogens is 3. The summed E-state index contributed by atoms with van der Waals surface area (Å²) in [6, 6.07) is 0. The highest BCUT2D eigenvalue weighted by atomic mass is 16.2. The summed E-state index contributed by atoms with van der Waals surface area (Å²) in [5.74, 6) is 0.596. The van der Waals surface area contributed by atoms with Crippen LogP contribution in [0, 0.1) is 0 Å². The van der Waals surface area contributed by atoms with Gasteiger partial charge < -0.3 is 5.11 Å². The predicted octanol–water partition coefficient (Wildman–Crippen LogP) is -0.977. The summed E-state index contributed by atoms with van der Waals surface area (Å²) in [6.07, 6.45) is 1.23. The van der Waals surface area contributed by atoms with Crippen LogP contribution in [0.3, 0.4) is 0 Å². The first-order valence-electron chi connectivity index (χ1n) is 3.07. The van der Waals surface area contributed by atoms with Gasteiger partial charge in [-0.25, -0.2) is 9.89 Å². The van der Waals surface area contributed by atoms with Crippen molar-refractivity contribution < 1.29 is 5.11 Å². The Morgan fingerprint density at radius 1 is 1.60 bits per heavy atom. The zero-order valence-electron chi connectivity index (χ0n) is 5.42. The van der Waals surface area contributed by atoms with Crippen molar-refractivity contribution in [2.45, 2.75) is 12.8 Å². The maximum Gasteiger partial charge on any atom is 0.340 e. The van der Waals surface area contributed by atoms with E-state index in [2.05, 4.69) is 15.2 Å². The van der Waals surface area contributed by atoms with E-state index in [0.717, 1.165) is 0 Å². The molecule has 3 N–H and O–H groups in total. The fourth-order valence-corrected chi connectivity index (χ4v) is 0.670. The average molecular weight is 143 g/mol. The van der Waals surface area contributed by atoms with Gasteiger partial charge in [0.05, 0.1) is 0 Å². The van der Waals surface area contributed by atoms with Crippen molar-refractivity contribution in [2.75, 3.05) is 6.61 Å². The molecule has 5 nitrogen and oxygen atoms in total. The molecule has 56 valence electrons. The van der Waals surface area contributed by atoms with Gasteiger partial charge in [-0.2, -0.15) is 5.10 Å². The number of aromatic amines is 2. The van der Waals surface area contributed by atoms with Crippen LogP contribution in [0.5, 0.6) is 0 Å². The zero-order chi connectivity index (χ0) is 7.40. The molecule has 5 heteroatoms. The molecule has 0 radical (unpaired) electrons. The highest BCUT2D eigenvalue weighted by Crippen LogP contribution is 1.88. The second-order valence-corrected chi connectivity index (χ2v) is 1.95. The average Bonchev–Trinajstić information content (AvgIpc) is 2.31. The maximum absolute atomic E-state index is 10.4. The van der Waals surface area contributed by atoms with E-state index in [1.54, 1.807) is 0 Å². The fraction of sp³-hybridized carbons (Fsp3) is 0.600. The summed E-state index contributed by atoms with van der Waals surface area (Å²) in [5, 5.41) is 14.3. The van der Waals surface area contributed by atoms with Crippen LogP contribution in [0.4, 0.5) is 0 Å². The van der Waals surface area contributed by atoms with E-state index in [9.17, 15) is 4.79 Å². The molecule has 0 bridgehead atoms. The smallest absolute Gasteiger partial charge is 0.340 e. The van der Waals surface area contributed by atoms with Crippen molar-refractivity contribution in [2.24, 2.45) is 0 Å². The number of nitrogens with zero attached hydrogens (tertiary/aromatic N) is 1. The van der Waals surface area contributed by atoms with Crippen LogP contribution >= 0.6 is 0 Å². The first-order chi connectivity index (χ1) is 4.83. The minimum Gasteiger partial charge on any atom is -0.396 e. The summed E-state index contributed by atoms with van der Waals surface area (Å²) in [7, 11) is 0. The Balaban J connectivity index is 2.50. The van der Waals surface area contributed by atoms with E-state index in [-0.39, 0.29) is 12.3 Å². The monoisotopic (exact) mass is 143 g/mol. The third-order valence-electron chi connectivity index (χ3n) is 1.12. The second kappa shape index (κ2) is 3.17. The van der Waals surface area contributed by atoms with Crippen LogP contribution in [0.1, 0.15) is 12.2 Å². The zero-order valence-corrected chi connectivity index (χ0v) is 5.42. The molecule has 0 aliphatic carbocycles. The molecule has 0 aromatic carbocycles. The van der Waals surface area contributed by atoms with E-state index in [0.29, 0.717) is 18.7 Å². The van der Waals surface area contributed by atoms with E-state index in [1.807, 2.05) is 0 Å². The Kier molecular flexibility index (Phi) is 2.22. The number of H-pyrrole nitrogens is 2. The maximum atomic E-state index is 10.4. The van der Waals surface area contributed by atoms with E-state index >= 15 is 0 Å². The van der Waals surface area contributed by atoms with E-state index < -0.39 is 0 Å². The number of hydrogen-bond donors (Lipinski definition) is 3. The first kappa shape index (κ1) is 7.01. The number of rotatable bonds is 3. The van der Waals surface area contributed by atoms with Crippen LogP contribution < -0.4 is 5.69 Å². The lowest BCUT2D eigenvalue weighted by molar-refractivity contribution is 0.287. The van der Waals surface area contributed by atoms with Crippen molar-refractivity contribution in [3.63, 3.8) is 0 Å². The number of hydrogen-bond acceptors (Lipinski definition) is 3. The molecule has 10 heavy (non-hydrogen) atoms. The molecule has 0 spiro atoms. The molecule has 0 fully saturated rings. The molecule has 0 saturated heterocycles. The van der Waals surface area contributed by atoms with Gasteiger partial charge in [0.2, 0.25) is 0 Å². The van der Waals surface area contributed by atoms with Gasteiger partial charge in [0.15, 0.2) is 0 Å². The Morgan fingerprint density at radius 3 is 2.90 bits per heavy atom. The lowest BCUT2D eigenvalue weighted by Gasteiger charge is -1.88. The molecular weight excluding hydrogens is 134 g/mol. The van der Waals surface area contributed by atoms with E-state index in [1.165, 1.54) is 0 Å². The Labute approximate surface area is 57.1 Å². The summed E-state index contributed by atoms with van der Waals surface area (Å²) in [6.45, 7) is 0.120. The molecule has 1 aromatic rings. The van der Waals surface area contributed by atoms with E-state index in [4.69, 9.17) is 5.11 Å². The van der Waals surface area contributed by atoms with Crippen LogP contribution in [-0.2, 0) is 6.42 Å². The number of aliphatic hydroxyl groups excluding tert-OH is 1. The largest absolute Gasteiger partial charge is 0.396 e. The molecule has 0 unspecified atom stereocenters. The molecule has 0 amide bonds. The fourth-order valence-electron chi connectivity index (χ4n) is 0.670. The van der Waals surface area contributed by atoms with Gasteiger partial charge in [-0.3, -0.25) is 4.98 Å². The lowest BCUT2D eigenvalue weighted by Crippen LogP contribution is -2.01. The van der Waals surface area contributed by atoms with Gasteiger partial charge in [-0.05, 0) is 6.42 Å². The van der Waals surface area contributed by atoms with Crippen LogP contribution in [0.2, 0.25) is 0 Å². The van der Waals surface area contributed by atoms with Crippen molar-refractivity contribution in [3.8, 4) is 0 Å². The number of nitrogens with one attached hydrogen (secondary N) is 2. The van der Waals surface area contributed by atoms with Crippen molar-refractivity contribution >= 4 is 0 Å². The van der Waals surface area contributed by atoms with Crippen molar-refractivity contribution in [1.82, 2.24) is 15.2 Å². The molecule has 0 atom stereocenters. The van der Waals surface area contributed by atoms with Gasteiger partial charge in [0.25, 0.3) is 0 Å². The molecule has 0 saturated carbocycles. The topological polar surface area (TPSA) is 81.8 Å². The standard InChI is InChI=1S/C5H9N3O2/c9-3-1-2-4-6-5(10)8-7-4/h9H,1-3H2,(H2,6,7,8,10). The summed E-state index contributed by atoms with van der Waals surface area (Å²) >= 11 is 0. The molecular formula is C5H9N3O2. The lowest BCUT2D eigenvalue weighted by atomic mass is 10.3. The highest BCUT2D eigenvalue weighted by molar-refractivity contribution is 4.79. The molecule has 1 rings (SSSR count). The SMILES string of the molecule is O=c1[nH]nc(CCCO)[nH]1. The molecule has 0 aliphatic heterocycles. The summed E-state index contributed by atoms with van der Waals surface area (Å²) in [4.78, 5) is 12.9. The van der Waals surface area contributed by atoms with Gasteiger partial charge in [-0.15, -0.1) is 0 Å². The Bertz CT molecular complexity index is 239. The summed E-state index contributed by atoms with van der Waals surface area (Å²) in [5.41, 5.74) is -0.298. The highest BCUT2D eigenvalue weighted by Gasteiger charge is 1.95. The van der Waals surface area contributed by atoms with Crippen LogP contribution in [0.25, 0.3) is 0 Å². The quantitative estimate of drug-likeness (QED) is 0.508. The van der Waals surface area contributed by atoms with Crippen molar-refractivity contribution in [3.05, 3.63) is 16.3 Å². The minimum absolute atomic E-state index is 0.120. The third kappa shape index (κ3) is 1.70. The first-order valence-corrected chi connectivity index (χ1v) is 3.07. The summed E-state index contributed by atoms with van der Waals surface area (Å²) < 4.78 is 0. The number of aryl methyl sites for hydroxylation is 1. The Hall–Kier alpha value is -1.10.